The number of amides is 1. The molecular weight excluding hydrogens is 384 g/mol. The van der Waals surface area contributed by atoms with Crippen LogP contribution < -0.4 is 15.6 Å². The van der Waals surface area contributed by atoms with Gasteiger partial charge in [0, 0.05) is 26.4 Å². The minimum Gasteiger partial charge on any atom is -0.433 e. The molecule has 27 heavy (non-hydrogen) atoms. The number of aromatic nitrogens is 1. The fraction of sp³-hybridized carbons (Fsp3) is 0.250. The van der Waals surface area contributed by atoms with Crippen molar-refractivity contribution in [2.45, 2.75) is 18.1 Å². The highest BCUT2D eigenvalue weighted by Crippen LogP contribution is 2.25. The van der Waals surface area contributed by atoms with Crippen LogP contribution in [0.2, 0.25) is 0 Å². The molecule has 0 saturated carbocycles. The number of alkyl halides is 2. The molecule has 0 fully saturated rings. The van der Waals surface area contributed by atoms with Crippen molar-refractivity contribution in [3.63, 3.8) is 0 Å². The predicted molar refractivity (Wildman–Crippen MR) is 93.3 cm³/mol. The Bertz CT molecular complexity index is 990. The molecule has 0 bridgehead atoms. The van der Waals surface area contributed by atoms with E-state index in [0.29, 0.717) is 0 Å². The van der Waals surface area contributed by atoms with Gasteiger partial charge in [0.15, 0.2) is 0 Å². The van der Waals surface area contributed by atoms with E-state index in [1.807, 2.05) is 0 Å². The van der Waals surface area contributed by atoms with E-state index in [-0.39, 0.29) is 16.3 Å². The second-order valence-electron chi connectivity index (χ2n) is 5.54. The molecule has 1 aromatic carbocycles. The number of hydrogen-bond acceptors (Lipinski definition) is 5. The summed E-state index contributed by atoms with van der Waals surface area (Å²) in [5.41, 5.74) is -0.604. The number of carbonyl (C=O) groups excluding carboxylic acids is 1. The molecule has 0 aliphatic heterocycles. The van der Waals surface area contributed by atoms with Crippen LogP contribution >= 0.6 is 0 Å². The lowest BCUT2D eigenvalue weighted by Crippen LogP contribution is -2.29. The zero-order chi connectivity index (χ0) is 20.2. The number of anilines is 1. The average molecular weight is 401 g/mol. The van der Waals surface area contributed by atoms with Crippen LogP contribution in [-0.2, 0) is 21.4 Å². The molecule has 1 N–H and O–H groups in total. The van der Waals surface area contributed by atoms with Gasteiger partial charge in [-0.2, -0.15) is 8.78 Å². The Morgan fingerprint density at radius 1 is 1.22 bits per heavy atom. The van der Waals surface area contributed by atoms with Crippen LogP contribution in [0, 0.1) is 0 Å². The number of rotatable bonds is 7. The smallest absolute Gasteiger partial charge is 0.387 e. The fourth-order valence-corrected chi connectivity index (χ4v) is 3.03. The second-order valence-corrected chi connectivity index (χ2v) is 7.69. The molecular formula is C16H17F2N3O5S. The lowest BCUT2D eigenvalue weighted by Gasteiger charge is -2.14. The van der Waals surface area contributed by atoms with Crippen LogP contribution in [0.25, 0.3) is 0 Å². The molecule has 0 radical (unpaired) electrons. The third-order valence-corrected chi connectivity index (χ3v) is 5.22. The van der Waals surface area contributed by atoms with Gasteiger partial charge in [-0.05, 0) is 18.2 Å². The number of sulfonamides is 1. The fourth-order valence-electron chi connectivity index (χ4n) is 2.11. The maximum absolute atomic E-state index is 12.4. The van der Waals surface area contributed by atoms with E-state index in [0.717, 1.165) is 27.2 Å². The zero-order valence-electron chi connectivity index (χ0n) is 14.4. The van der Waals surface area contributed by atoms with Gasteiger partial charge in [-0.3, -0.25) is 9.59 Å². The number of ether oxygens (including phenoxy) is 1. The van der Waals surface area contributed by atoms with Gasteiger partial charge in [-0.1, -0.05) is 12.1 Å². The Kier molecular flexibility index (Phi) is 6.28. The molecule has 1 amide bonds. The zero-order valence-corrected chi connectivity index (χ0v) is 15.2. The van der Waals surface area contributed by atoms with Crippen molar-refractivity contribution in [3.8, 4) is 5.75 Å². The summed E-state index contributed by atoms with van der Waals surface area (Å²) in [4.78, 5) is 23.9. The van der Waals surface area contributed by atoms with Gasteiger partial charge in [0.25, 0.3) is 5.56 Å². The molecule has 0 unspecified atom stereocenters. The number of halogens is 2. The van der Waals surface area contributed by atoms with Crippen LogP contribution in [0.1, 0.15) is 0 Å². The van der Waals surface area contributed by atoms with Crippen LogP contribution in [0.15, 0.2) is 52.3 Å². The van der Waals surface area contributed by atoms with Gasteiger partial charge in [-0.25, -0.2) is 12.7 Å². The highest BCUT2D eigenvalue weighted by atomic mass is 32.2. The van der Waals surface area contributed by atoms with Gasteiger partial charge in [0.1, 0.15) is 12.3 Å². The normalized spacial score (nSPS) is 11.6. The molecule has 2 rings (SSSR count). The number of hydrogen-bond donors (Lipinski definition) is 1. The molecule has 2 aromatic rings. The molecule has 0 atom stereocenters. The van der Waals surface area contributed by atoms with E-state index in [2.05, 4.69) is 10.1 Å². The number of pyridine rings is 1. The summed E-state index contributed by atoms with van der Waals surface area (Å²) in [6, 6.07) is 7.72. The average Bonchev–Trinajstić information content (AvgIpc) is 2.57. The second kappa shape index (κ2) is 8.27. The first-order valence-electron chi connectivity index (χ1n) is 7.58. The van der Waals surface area contributed by atoms with Gasteiger partial charge in [-0.15, -0.1) is 0 Å². The number of para-hydroxylation sites is 2. The Hall–Kier alpha value is -2.79. The van der Waals surface area contributed by atoms with E-state index in [4.69, 9.17) is 0 Å². The van der Waals surface area contributed by atoms with Crippen molar-refractivity contribution in [2.75, 3.05) is 19.4 Å². The van der Waals surface area contributed by atoms with E-state index in [1.54, 1.807) is 0 Å². The van der Waals surface area contributed by atoms with E-state index in [9.17, 15) is 26.8 Å². The standard InChI is InChI=1S/C16H17F2N3O5S/c1-20(2)27(24,25)11-7-8-15(23)21(9-11)10-14(22)19-12-5-3-4-6-13(12)26-16(17)18/h3-9,16H,10H2,1-2H3,(H,19,22). The van der Waals surface area contributed by atoms with Crippen LogP contribution in [0.3, 0.4) is 0 Å². The molecule has 0 aliphatic rings. The van der Waals surface area contributed by atoms with Crippen LogP contribution in [0.4, 0.5) is 14.5 Å². The number of nitrogens with zero attached hydrogens (tertiary/aromatic N) is 2. The third kappa shape index (κ3) is 5.11. The highest BCUT2D eigenvalue weighted by Gasteiger charge is 2.19. The molecule has 11 heteroatoms. The van der Waals surface area contributed by atoms with Gasteiger partial charge >= 0.3 is 6.61 Å². The van der Waals surface area contributed by atoms with E-state index >= 15 is 0 Å². The van der Waals surface area contributed by atoms with Crippen molar-refractivity contribution in [1.82, 2.24) is 8.87 Å². The van der Waals surface area contributed by atoms with Crippen molar-refractivity contribution >= 4 is 21.6 Å². The van der Waals surface area contributed by atoms with Crippen molar-refractivity contribution < 1.29 is 26.7 Å². The van der Waals surface area contributed by atoms with Gasteiger partial charge in [0.2, 0.25) is 15.9 Å². The van der Waals surface area contributed by atoms with E-state index < -0.39 is 34.6 Å². The molecule has 0 spiro atoms. The largest absolute Gasteiger partial charge is 0.433 e. The SMILES string of the molecule is CN(C)S(=O)(=O)c1ccc(=O)n(CC(=O)Nc2ccccc2OC(F)F)c1. The summed E-state index contributed by atoms with van der Waals surface area (Å²) in [6.45, 7) is -3.59. The maximum atomic E-state index is 12.4. The monoisotopic (exact) mass is 401 g/mol. The lowest BCUT2D eigenvalue weighted by atomic mass is 10.3. The summed E-state index contributed by atoms with van der Waals surface area (Å²) >= 11 is 0. The first-order valence-corrected chi connectivity index (χ1v) is 9.02. The molecule has 1 aromatic heterocycles. The van der Waals surface area contributed by atoms with Crippen molar-refractivity contribution in [2.24, 2.45) is 0 Å². The molecule has 146 valence electrons. The van der Waals surface area contributed by atoms with Crippen LogP contribution in [0.5, 0.6) is 5.75 Å². The number of benzene rings is 1. The van der Waals surface area contributed by atoms with Gasteiger partial charge < -0.3 is 14.6 Å². The lowest BCUT2D eigenvalue weighted by molar-refractivity contribution is -0.116. The Morgan fingerprint density at radius 3 is 2.52 bits per heavy atom. The Labute approximate surface area is 154 Å². The Morgan fingerprint density at radius 2 is 1.89 bits per heavy atom. The summed E-state index contributed by atoms with van der Waals surface area (Å²) in [5.74, 6) is -0.959. The third-order valence-electron chi connectivity index (χ3n) is 3.43. The molecule has 0 aliphatic carbocycles. The van der Waals surface area contributed by atoms with Crippen molar-refractivity contribution in [1.29, 1.82) is 0 Å². The quantitative estimate of drug-likeness (QED) is 0.755. The summed E-state index contributed by atoms with van der Waals surface area (Å²) in [7, 11) is -1.13. The number of nitrogens with one attached hydrogen (secondary N) is 1. The number of carbonyl (C=O) groups is 1. The minimum absolute atomic E-state index is 0.00656. The molecule has 8 nitrogen and oxygen atoms in total. The Balaban J connectivity index is 2.23. The highest BCUT2D eigenvalue weighted by molar-refractivity contribution is 7.89. The first-order chi connectivity index (χ1) is 12.6. The van der Waals surface area contributed by atoms with Crippen LogP contribution in [-0.4, -0.2) is 43.9 Å². The summed E-state index contributed by atoms with van der Waals surface area (Å²) < 4.78 is 55.3. The molecule has 1 heterocycles. The summed E-state index contributed by atoms with van der Waals surface area (Å²) in [5, 5.41) is 2.36. The topological polar surface area (TPSA) is 97.7 Å². The van der Waals surface area contributed by atoms with Crippen molar-refractivity contribution in [3.05, 3.63) is 52.9 Å². The summed E-state index contributed by atoms with van der Waals surface area (Å²) in [6.07, 6.45) is 1.04. The first kappa shape index (κ1) is 20.5. The molecule has 0 saturated heterocycles. The minimum atomic E-state index is -3.79. The van der Waals surface area contributed by atoms with E-state index in [1.165, 1.54) is 38.4 Å². The van der Waals surface area contributed by atoms with Gasteiger partial charge in [0.05, 0.1) is 10.6 Å². The maximum Gasteiger partial charge on any atom is 0.387 e. The predicted octanol–water partition coefficient (Wildman–Crippen LogP) is 1.34.